The fourth-order valence-electron chi connectivity index (χ4n) is 1.14. The summed E-state index contributed by atoms with van der Waals surface area (Å²) < 4.78 is 0. The third-order valence-electron chi connectivity index (χ3n) is 1.82. The summed E-state index contributed by atoms with van der Waals surface area (Å²) in [6.45, 7) is 8.52. The van der Waals surface area contributed by atoms with Crippen LogP contribution in [0.2, 0.25) is 0 Å². The first-order chi connectivity index (χ1) is 6.16. The van der Waals surface area contributed by atoms with Crippen molar-refractivity contribution >= 4 is 5.69 Å². The van der Waals surface area contributed by atoms with Gasteiger partial charge in [-0.05, 0) is 12.5 Å². The van der Waals surface area contributed by atoms with E-state index in [2.05, 4.69) is 4.85 Å². The maximum atomic E-state index is 10.6. The Balaban J connectivity index is 3.27. The van der Waals surface area contributed by atoms with E-state index < -0.39 is 4.92 Å². The molecule has 0 bridgehead atoms. The monoisotopic (exact) mass is 176 g/mol. The van der Waals surface area contributed by atoms with Gasteiger partial charge in [0.25, 0.3) is 5.69 Å². The van der Waals surface area contributed by atoms with E-state index in [0.717, 1.165) is 5.56 Å². The number of hydrogen-bond donors (Lipinski definition) is 0. The number of nitro groups is 1. The Hall–Kier alpha value is -1.89. The van der Waals surface area contributed by atoms with Crippen molar-refractivity contribution < 1.29 is 4.92 Å². The number of nitrogens with zero attached hydrogens (tertiary/aromatic N) is 2. The first-order valence-corrected chi connectivity index (χ1v) is 3.73. The van der Waals surface area contributed by atoms with E-state index in [0.29, 0.717) is 5.56 Å². The highest BCUT2D eigenvalue weighted by molar-refractivity contribution is 5.45. The molecule has 0 aliphatic rings. The molecule has 4 heteroatoms. The summed E-state index contributed by atoms with van der Waals surface area (Å²) in [5, 5.41) is 10.6. The summed E-state index contributed by atoms with van der Waals surface area (Å²) >= 11 is 0. The maximum absolute atomic E-state index is 10.6. The Labute approximate surface area is 75.8 Å². The van der Waals surface area contributed by atoms with Gasteiger partial charge in [-0.2, -0.15) is 0 Å². The minimum absolute atomic E-state index is 0.0380. The lowest BCUT2D eigenvalue weighted by atomic mass is 10.1. The van der Waals surface area contributed by atoms with E-state index >= 15 is 0 Å². The van der Waals surface area contributed by atoms with Crippen LogP contribution in [0.3, 0.4) is 0 Å². The minimum atomic E-state index is -0.451. The second-order valence-corrected chi connectivity index (χ2v) is 2.65. The second kappa shape index (κ2) is 3.68. The van der Waals surface area contributed by atoms with Gasteiger partial charge in [0.2, 0.25) is 6.54 Å². The SMILES string of the molecule is [C-]#[N+]Cc1c(C)cccc1[N+](=O)[O-]. The van der Waals surface area contributed by atoms with Crippen molar-refractivity contribution in [3.8, 4) is 0 Å². The van der Waals surface area contributed by atoms with E-state index in [4.69, 9.17) is 6.57 Å². The van der Waals surface area contributed by atoms with E-state index in [1.165, 1.54) is 6.07 Å². The molecule has 0 aromatic heterocycles. The number of rotatable bonds is 2. The molecule has 0 saturated carbocycles. The molecule has 4 nitrogen and oxygen atoms in total. The van der Waals surface area contributed by atoms with Crippen LogP contribution in [-0.4, -0.2) is 4.92 Å². The third kappa shape index (κ3) is 1.82. The Bertz CT molecular complexity index is 380. The highest BCUT2D eigenvalue weighted by Crippen LogP contribution is 2.22. The fourth-order valence-corrected chi connectivity index (χ4v) is 1.14. The van der Waals surface area contributed by atoms with E-state index in [1.807, 2.05) is 0 Å². The quantitative estimate of drug-likeness (QED) is 0.394. The van der Waals surface area contributed by atoms with Crippen LogP contribution in [0.5, 0.6) is 0 Å². The van der Waals surface area contributed by atoms with Crippen molar-refractivity contribution in [3.63, 3.8) is 0 Å². The highest BCUT2D eigenvalue weighted by atomic mass is 16.6. The zero-order valence-electron chi connectivity index (χ0n) is 7.15. The van der Waals surface area contributed by atoms with Crippen LogP contribution in [0.1, 0.15) is 11.1 Å². The van der Waals surface area contributed by atoms with Gasteiger partial charge in [0, 0.05) is 6.07 Å². The summed E-state index contributed by atoms with van der Waals surface area (Å²) in [6, 6.07) is 4.82. The lowest BCUT2D eigenvalue weighted by molar-refractivity contribution is -0.385. The fraction of sp³-hybridized carbons (Fsp3) is 0.222. The predicted octanol–water partition coefficient (Wildman–Crippen LogP) is 2.32. The predicted molar refractivity (Wildman–Crippen MR) is 48.1 cm³/mol. The van der Waals surface area contributed by atoms with Crippen LogP contribution >= 0.6 is 0 Å². The summed E-state index contributed by atoms with van der Waals surface area (Å²) in [7, 11) is 0. The summed E-state index contributed by atoms with van der Waals surface area (Å²) in [6.07, 6.45) is 0. The normalized spacial score (nSPS) is 9.23. The van der Waals surface area contributed by atoms with Crippen molar-refractivity contribution in [2.24, 2.45) is 0 Å². The molecular weight excluding hydrogens is 168 g/mol. The molecule has 0 amide bonds. The molecule has 0 unspecified atom stereocenters. The zero-order valence-corrected chi connectivity index (χ0v) is 7.15. The van der Waals surface area contributed by atoms with Gasteiger partial charge >= 0.3 is 0 Å². The van der Waals surface area contributed by atoms with Crippen molar-refractivity contribution in [1.29, 1.82) is 0 Å². The largest absolute Gasteiger partial charge is 0.311 e. The number of nitro benzene ring substituents is 1. The molecule has 0 radical (unpaired) electrons. The molecule has 1 aromatic carbocycles. The molecule has 1 rings (SSSR count). The van der Waals surface area contributed by atoms with E-state index in [-0.39, 0.29) is 12.2 Å². The van der Waals surface area contributed by atoms with Crippen molar-refractivity contribution in [2.45, 2.75) is 13.5 Å². The van der Waals surface area contributed by atoms with Gasteiger partial charge in [0.15, 0.2) is 0 Å². The van der Waals surface area contributed by atoms with Crippen molar-refractivity contribution in [3.05, 3.63) is 50.9 Å². The highest BCUT2D eigenvalue weighted by Gasteiger charge is 2.16. The standard InChI is InChI=1S/C9H8N2O2/c1-7-4-3-5-9(11(12)13)8(7)6-10-2/h3-5H,6H2,1H3. The smallest absolute Gasteiger partial charge is 0.280 e. The molecular formula is C9H8N2O2. The Morgan fingerprint density at radius 1 is 1.62 bits per heavy atom. The maximum Gasteiger partial charge on any atom is 0.280 e. The molecule has 66 valence electrons. The summed E-state index contributed by atoms with van der Waals surface area (Å²) in [4.78, 5) is 13.3. The summed E-state index contributed by atoms with van der Waals surface area (Å²) in [5.41, 5.74) is 1.35. The minimum Gasteiger partial charge on any atom is -0.311 e. The molecule has 0 aliphatic carbocycles. The Kier molecular flexibility index (Phi) is 2.60. The van der Waals surface area contributed by atoms with Crippen LogP contribution in [0.4, 0.5) is 5.69 Å². The first-order valence-electron chi connectivity index (χ1n) is 3.73. The lowest BCUT2D eigenvalue weighted by Gasteiger charge is -1.99. The average Bonchev–Trinajstić information content (AvgIpc) is 2.08. The summed E-state index contributed by atoms with van der Waals surface area (Å²) in [5.74, 6) is 0. The van der Waals surface area contributed by atoms with Gasteiger partial charge < -0.3 is 4.85 Å². The number of aryl methyl sites for hydroxylation is 1. The van der Waals surface area contributed by atoms with Gasteiger partial charge in [-0.15, -0.1) is 0 Å². The van der Waals surface area contributed by atoms with Gasteiger partial charge in [0.05, 0.1) is 4.92 Å². The third-order valence-corrected chi connectivity index (χ3v) is 1.82. The molecule has 0 spiro atoms. The molecule has 0 atom stereocenters. The topological polar surface area (TPSA) is 47.5 Å². The van der Waals surface area contributed by atoms with E-state index in [1.54, 1.807) is 19.1 Å². The van der Waals surface area contributed by atoms with Gasteiger partial charge in [-0.3, -0.25) is 10.1 Å². The molecule has 0 heterocycles. The Morgan fingerprint density at radius 2 is 2.31 bits per heavy atom. The number of hydrogen-bond acceptors (Lipinski definition) is 2. The lowest BCUT2D eigenvalue weighted by Crippen LogP contribution is -1.96. The second-order valence-electron chi connectivity index (χ2n) is 2.65. The van der Waals surface area contributed by atoms with Crippen molar-refractivity contribution in [1.82, 2.24) is 0 Å². The van der Waals surface area contributed by atoms with Crippen LogP contribution < -0.4 is 0 Å². The van der Waals surface area contributed by atoms with E-state index in [9.17, 15) is 10.1 Å². The molecule has 0 N–H and O–H groups in total. The Morgan fingerprint density at radius 3 is 2.85 bits per heavy atom. The van der Waals surface area contributed by atoms with Crippen molar-refractivity contribution in [2.75, 3.05) is 0 Å². The van der Waals surface area contributed by atoms with Crippen LogP contribution in [-0.2, 0) is 6.54 Å². The van der Waals surface area contributed by atoms with Gasteiger partial charge in [-0.1, -0.05) is 12.1 Å². The molecule has 0 saturated heterocycles. The number of benzene rings is 1. The first kappa shape index (κ1) is 9.20. The molecule has 1 aromatic rings. The van der Waals surface area contributed by atoms with Crippen LogP contribution in [0.15, 0.2) is 18.2 Å². The molecule has 0 fully saturated rings. The van der Waals surface area contributed by atoms with Crippen LogP contribution in [0, 0.1) is 23.6 Å². The van der Waals surface area contributed by atoms with Gasteiger partial charge in [0.1, 0.15) is 5.56 Å². The molecule has 13 heavy (non-hydrogen) atoms. The average molecular weight is 176 g/mol. The van der Waals surface area contributed by atoms with Gasteiger partial charge in [-0.25, -0.2) is 6.57 Å². The zero-order chi connectivity index (χ0) is 9.84. The molecule has 0 aliphatic heterocycles. The van der Waals surface area contributed by atoms with Crippen LogP contribution in [0.25, 0.3) is 4.85 Å².